The summed E-state index contributed by atoms with van der Waals surface area (Å²) in [5.41, 5.74) is 1.66. The Balaban J connectivity index is 1.45. The smallest absolute Gasteiger partial charge is 0.319 e. The monoisotopic (exact) mass is 339 g/mol. The summed E-state index contributed by atoms with van der Waals surface area (Å²) in [7, 11) is 0. The second kappa shape index (κ2) is 8.01. The van der Waals surface area contributed by atoms with Gasteiger partial charge < -0.3 is 19.9 Å². The van der Waals surface area contributed by atoms with E-state index < -0.39 is 0 Å². The summed E-state index contributed by atoms with van der Waals surface area (Å²) in [5, 5.41) is 5.49. The highest BCUT2D eigenvalue weighted by Crippen LogP contribution is 2.14. The molecule has 5 nitrogen and oxygen atoms in total. The van der Waals surface area contributed by atoms with Crippen molar-refractivity contribution >= 4 is 11.7 Å². The second-order valence-electron chi connectivity index (χ2n) is 5.32. The molecule has 0 unspecified atom stereocenters. The van der Waals surface area contributed by atoms with Crippen LogP contribution in [0.15, 0.2) is 73.1 Å². The first-order valence-electron chi connectivity index (χ1n) is 7.87. The maximum absolute atomic E-state index is 12.8. The number of urea groups is 1. The quantitative estimate of drug-likeness (QED) is 0.671. The summed E-state index contributed by atoms with van der Waals surface area (Å²) in [6.45, 7) is 0.628. The molecular formula is C19H18FN3O2. The van der Waals surface area contributed by atoms with Gasteiger partial charge in [-0.25, -0.2) is 9.18 Å². The maximum Gasteiger partial charge on any atom is 0.319 e. The predicted molar refractivity (Wildman–Crippen MR) is 94.7 cm³/mol. The summed E-state index contributed by atoms with van der Waals surface area (Å²) >= 11 is 0. The molecule has 2 N–H and O–H groups in total. The summed E-state index contributed by atoms with van der Waals surface area (Å²) in [6, 6.07) is 16.8. The number of ether oxygens (including phenoxy) is 1. The van der Waals surface area contributed by atoms with E-state index in [1.54, 1.807) is 12.1 Å². The number of aromatic nitrogens is 1. The lowest BCUT2D eigenvalue weighted by molar-refractivity contribution is 0.247. The van der Waals surface area contributed by atoms with Crippen LogP contribution in [0.4, 0.5) is 14.9 Å². The minimum absolute atomic E-state index is 0.294. The molecule has 0 saturated carbocycles. The van der Waals surface area contributed by atoms with E-state index in [1.165, 1.54) is 12.1 Å². The zero-order chi connectivity index (χ0) is 17.5. The SMILES string of the molecule is O=C(NCCOc1ccc(F)cc1)Nc1cccc(-n2cccc2)c1. The zero-order valence-electron chi connectivity index (χ0n) is 13.5. The highest BCUT2D eigenvalue weighted by Gasteiger charge is 2.03. The van der Waals surface area contributed by atoms with Gasteiger partial charge in [0.05, 0.1) is 6.54 Å². The van der Waals surface area contributed by atoms with Gasteiger partial charge in [0.1, 0.15) is 18.2 Å². The third-order valence-electron chi connectivity index (χ3n) is 3.48. The molecule has 3 aromatic rings. The number of anilines is 1. The first-order chi connectivity index (χ1) is 12.2. The molecule has 0 aliphatic heterocycles. The molecule has 1 aromatic heterocycles. The van der Waals surface area contributed by atoms with E-state index in [4.69, 9.17) is 4.74 Å². The average molecular weight is 339 g/mol. The molecule has 6 heteroatoms. The molecule has 0 aliphatic carbocycles. The zero-order valence-corrected chi connectivity index (χ0v) is 13.5. The number of nitrogens with one attached hydrogen (secondary N) is 2. The van der Waals surface area contributed by atoms with Crippen molar-refractivity contribution in [3.63, 3.8) is 0 Å². The summed E-state index contributed by atoms with van der Waals surface area (Å²) < 4.78 is 20.2. The van der Waals surface area contributed by atoms with Crippen LogP contribution in [0.3, 0.4) is 0 Å². The van der Waals surface area contributed by atoms with Gasteiger partial charge in [-0.3, -0.25) is 0 Å². The Hall–Kier alpha value is -3.28. The highest BCUT2D eigenvalue weighted by atomic mass is 19.1. The van der Waals surface area contributed by atoms with E-state index in [9.17, 15) is 9.18 Å². The molecule has 0 saturated heterocycles. The highest BCUT2D eigenvalue weighted by molar-refractivity contribution is 5.89. The van der Waals surface area contributed by atoms with E-state index in [-0.39, 0.29) is 11.8 Å². The van der Waals surface area contributed by atoms with Crippen molar-refractivity contribution in [1.29, 1.82) is 0 Å². The van der Waals surface area contributed by atoms with Gasteiger partial charge in [-0.2, -0.15) is 0 Å². The molecule has 128 valence electrons. The average Bonchev–Trinajstić information content (AvgIpc) is 3.15. The molecular weight excluding hydrogens is 321 g/mol. The topological polar surface area (TPSA) is 55.3 Å². The lowest BCUT2D eigenvalue weighted by atomic mass is 10.3. The van der Waals surface area contributed by atoms with Gasteiger partial charge in [0.15, 0.2) is 0 Å². The van der Waals surface area contributed by atoms with Gasteiger partial charge >= 0.3 is 6.03 Å². The van der Waals surface area contributed by atoms with E-state index in [0.29, 0.717) is 24.6 Å². The molecule has 0 radical (unpaired) electrons. The van der Waals surface area contributed by atoms with Crippen LogP contribution in [0.25, 0.3) is 5.69 Å². The molecule has 0 fully saturated rings. The normalized spacial score (nSPS) is 10.3. The predicted octanol–water partition coefficient (Wildman–Crippen LogP) is 3.82. The Bertz CT molecular complexity index is 817. The molecule has 2 amide bonds. The van der Waals surface area contributed by atoms with Crippen molar-refractivity contribution in [3.8, 4) is 11.4 Å². The van der Waals surface area contributed by atoms with Gasteiger partial charge in [0.25, 0.3) is 0 Å². The van der Waals surface area contributed by atoms with Crippen molar-refractivity contribution in [2.24, 2.45) is 0 Å². The first-order valence-corrected chi connectivity index (χ1v) is 7.87. The number of halogens is 1. The Morgan fingerprint density at radius 3 is 2.56 bits per heavy atom. The fourth-order valence-corrected chi connectivity index (χ4v) is 2.29. The molecule has 0 atom stereocenters. The van der Waals surface area contributed by atoms with Crippen LogP contribution in [-0.2, 0) is 0 Å². The van der Waals surface area contributed by atoms with E-state index >= 15 is 0 Å². The largest absolute Gasteiger partial charge is 0.492 e. The van der Waals surface area contributed by atoms with Crippen LogP contribution in [0.2, 0.25) is 0 Å². The maximum atomic E-state index is 12.8. The Labute approximate surface area is 145 Å². The molecule has 1 heterocycles. The summed E-state index contributed by atoms with van der Waals surface area (Å²) in [5.74, 6) is 0.245. The minimum Gasteiger partial charge on any atom is -0.492 e. The number of hydrogen-bond acceptors (Lipinski definition) is 2. The van der Waals surface area contributed by atoms with Crippen molar-refractivity contribution in [2.45, 2.75) is 0 Å². The van der Waals surface area contributed by atoms with Crippen LogP contribution in [0, 0.1) is 5.82 Å². The van der Waals surface area contributed by atoms with Gasteiger partial charge in [-0.05, 0) is 54.6 Å². The number of benzene rings is 2. The standard InChI is InChI=1S/C19H18FN3O2/c20-15-6-8-18(9-7-15)25-13-10-21-19(24)22-16-4-3-5-17(14-16)23-11-1-2-12-23/h1-9,11-12,14H,10,13H2,(H2,21,22,24). The van der Waals surface area contributed by atoms with Crippen molar-refractivity contribution in [2.75, 3.05) is 18.5 Å². The number of nitrogens with zero attached hydrogens (tertiary/aromatic N) is 1. The van der Waals surface area contributed by atoms with Crippen LogP contribution >= 0.6 is 0 Å². The summed E-state index contributed by atoms with van der Waals surface area (Å²) in [6.07, 6.45) is 3.87. The molecule has 0 spiro atoms. The Morgan fingerprint density at radius 1 is 1.04 bits per heavy atom. The lowest BCUT2D eigenvalue weighted by Gasteiger charge is -2.10. The fourth-order valence-electron chi connectivity index (χ4n) is 2.29. The molecule has 3 rings (SSSR count). The lowest BCUT2D eigenvalue weighted by Crippen LogP contribution is -2.32. The second-order valence-corrected chi connectivity index (χ2v) is 5.32. The third kappa shape index (κ3) is 4.84. The van der Waals surface area contributed by atoms with Crippen molar-refractivity contribution in [3.05, 3.63) is 78.9 Å². The van der Waals surface area contributed by atoms with E-state index in [0.717, 1.165) is 5.69 Å². The number of carbonyl (C=O) groups excluding carboxylic acids is 1. The van der Waals surface area contributed by atoms with E-state index in [1.807, 2.05) is 53.4 Å². The Kier molecular flexibility index (Phi) is 5.31. The summed E-state index contributed by atoms with van der Waals surface area (Å²) in [4.78, 5) is 11.9. The van der Waals surface area contributed by atoms with Gasteiger partial charge in [0, 0.05) is 23.8 Å². The number of rotatable bonds is 6. The van der Waals surface area contributed by atoms with Crippen LogP contribution in [-0.4, -0.2) is 23.7 Å². The first kappa shape index (κ1) is 16.6. The third-order valence-corrected chi connectivity index (χ3v) is 3.48. The van der Waals surface area contributed by atoms with Crippen LogP contribution in [0.5, 0.6) is 5.75 Å². The van der Waals surface area contributed by atoms with Gasteiger partial charge in [-0.1, -0.05) is 6.07 Å². The molecule has 2 aromatic carbocycles. The van der Waals surface area contributed by atoms with Crippen molar-refractivity contribution < 1.29 is 13.9 Å². The Morgan fingerprint density at radius 2 is 1.80 bits per heavy atom. The molecule has 0 bridgehead atoms. The van der Waals surface area contributed by atoms with Crippen LogP contribution < -0.4 is 15.4 Å². The molecule has 25 heavy (non-hydrogen) atoms. The van der Waals surface area contributed by atoms with Crippen molar-refractivity contribution in [1.82, 2.24) is 9.88 Å². The number of carbonyl (C=O) groups is 1. The van der Waals surface area contributed by atoms with E-state index in [2.05, 4.69) is 10.6 Å². The molecule has 0 aliphatic rings. The number of hydrogen-bond donors (Lipinski definition) is 2. The number of amides is 2. The van der Waals surface area contributed by atoms with Gasteiger partial charge in [0.2, 0.25) is 0 Å². The van der Waals surface area contributed by atoms with Gasteiger partial charge in [-0.15, -0.1) is 0 Å². The minimum atomic E-state index is -0.313. The van der Waals surface area contributed by atoms with Crippen LogP contribution in [0.1, 0.15) is 0 Å². The fraction of sp³-hybridized carbons (Fsp3) is 0.105.